The van der Waals surface area contributed by atoms with E-state index in [1.807, 2.05) is 20.8 Å². The van der Waals surface area contributed by atoms with Crippen molar-refractivity contribution in [2.75, 3.05) is 7.11 Å². The van der Waals surface area contributed by atoms with Crippen LogP contribution in [0.15, 0.2) is 12.1 Å². The van der Waals surface area contributed by atoms with Gasteiger partial charge in [-0.1, -0.05) is 26.8 Å². The minimum absolute atomic E-state index is 0.100. The Bertz CT molecular complexity index is 337. The lowest BCUT2D eigenvalue weighted by Gasteiger charge is -2.21. The van der Waals surface area contributed by atoms with Crippen molar-refractivity contribution in [2.24, 2.45) is 0 Å². The molecule has 0 saturated carbocycles. The second-order valence-electron chi connectivity index (χ2n) is 4.26. The number of phenols is 2. The first-order chi connectivity index (χ1) is 6.38. The number of methoxy groups -OCH3 is 1. The summed E-state index contributed by atoms with van der Waals surface area (Å²) in [6.45, 7) is 5.90. The van der Waals surface area contributed by atoms with Crippen LogP contribution in [0, 0.1) is 0 Å². The summed E-state index contributed by atoms with van der Waals surface area (Å²) in [5.74, 6) is -0.00715. The molecule has 0 aliphatic heterocycles. The van der Waals surface area contributed by atoms with Gasteiger partial charge in [-0.2, -0.15) is 0 Å². The third-order valence-electron chi connectivity index (χ3n) is 2.14. The molecule has 78 valence electrons. The van der Waals surface area contributed by atoms with Crippen LogP contribution in [-0.4, -0.2) is 17.3 Å². The minimum Gasteiger partial charge on any atom is -0.504 e. The molecule has 0 atom stereocenters. The van der Waals surface area contributed by atoms with E-state index in [4.69, 9.17) is 4.74 Å². The van der Waals surface area contributed by atoms with Crippen LogP contribution in [0.5, 0.6) is 17.2 Å². The Balaban J connectivity index is 3.31. The number of benzene rings is 1. The molecular formula is C11H16O3. The molecule has 1 rings (SSSR count). The standard InChI is InChI=1S/C11H16O3/c1-11(2,3)7-5-6-8(14-4)10(13)9(7)12/h5-6,12-13H,1-4H3. The number of phenolic OH excluding ortho intramolecular Hbond substituents is 2. The van der Waals surface area contributed by atoms with Crippen LogP contribution in [0.3, 0.4) is 0 Å². The maximum Gasteiger partial charge on any atom is 0.200 e. The highest BCUT2D eigenvalue weighted by molar-refractivity contribution is 5.55. The van der Waals surface area contributed by atoms with E-state index >= 15 is 0 Å². The lowest BCUT2D eigenvalue weighted by Crippen LogP contribution is -2.11. The Hall–Kier alpha value is -1.38. The Labute approximate surface area is 84.0 Å². The van der Waals surface area contributed by atoms with Gasteiger partial charge in [0, 0.05) is 5.56 Å². The van der Waals surface area contributed by atoms with Gasteiger partial charge >= 0.3 is 0 Å². The van der Waals surface area contributed by atoms with E-state index in [0.717, 1.165) is 0 Å². The monoisotopic (exact) mass is 196 g/mol. The summed E-state index contributed by atoms with van der Waals surface area (Å²) in [6, 6.07) is 3.41. The van der Waals surface area contributed by atoms with Crippen molar-refractivity contribution in [1.29, 1.82) is 0 Å². The van der Waals surface area contributed by atoms with Gasteiger partial charge < -0.3 is 14.9 Å². The van der Waals surface area contributed by atoms with Gasteiger partial charge in [0.05, 0.1) is 7.11 Å². The summed E-state index contributed by atoms with van der Waals surface area (Å²) < 4.78 is 4.88. The number of aromatic hydroxyl groups is 2. The first-order valence-electron chi connectivity index (χ1n) is 4.47. The van der Waals surface area contributed by atoms with E-state index in [0.29, 0.717) is 5.56 Å². The maximum atomic E-state index is 9.72. The molecule has 0 spiro atoms. The van der Waals surface area contributed by atoms with Gasteiger partial charge in [0.1, 0.15) is 0 Å². The summed E-state index contributed by atoms with van der Waals surface area (Å²) in [4.78, 5) is 0. The maximum absolute atomic E-state index is 9.72. The molecule has 0 fully saturated rings. The van der Waals surface area contributed by atoms with E-state index in [9.17, 15) is 10.2 Å². The molecule has 0 saturated heterocycles. The lowest BCUT2D eigenvalue weighted by molar-refractivity contribution is 0.344. The summed E-state index contributed by atoms with van der Waals surface area (Å²) in [7, 11) is 1.45. The molecule has 0 radical (unpaired) electrons. The van der Waals surface area contributed by atoms with E-state index in [1.54, 1.807) is 12.1 Å². The molecule has 2 N–H and O–H groups in total. The second kappa shape index (κ2) is 3.40. The van der Waals surface area contributed by atoms with Crippen LogP contribution >= 0.6 is 0 Å². The molecule has 0 aromatic heterocycles. The van der Waals surface area contributed by atoms with Gasteiger partial charge in [0.15, 0.2) is 11.5 Å². The molecule has 1 aromatic rings. The van der Waals surface area contributed by atoms with Crippen LogP contribution in [-0.2, 0) is 5.41 Å². The van der Waals surface area contributed by atoms with Gasteiger partial charge in [0.2, 0.25) is 5.75 Å². The second-order valence-corrected chi connectivity index (χ2v) is 4.26. The van der Waals surface area contributed by atoms with Crippen molar-refractivity contribution in [1.82, 2.24) is 0 Å². The van der Waals surface area contributed by atoms with Crippen LogP contribution < -0.4 is 4.74 Å². The summed E-state index contributed by atoms with van der Waals surface area (Å²) in [6.07, 6.45) is 0. The molecule has 0 bridgehead atoms. The van der Waals surface area contributed by atoms with Gasteiger partial charge in [0.25, 0.3) is 0 Å². The van der Waals surface area contributed by atoms with Crippen molar-refractivity contribution in [3.8, 4) is 17.2 Å². The predicted octanol–water partition coefficient (Wildman–Crippen LogP) is 2.40. The fraction of sp³-hybridized carbons (Fsp3) is 0.455. The smallest absolute Gasteiger partial charge is 0.200 e. The largest absolute Gasteiger partial charge is 0.504 e. The molecule has 0 heterocycles. The Morgan fingerprint density at radius 1 is 1.07 bits per heavy atom. The highest BCUT2D eigenvalue weighted by Gasteiger charge is 2.21. The SMILES string of the molecule is COc1ccc(C(C)(C)C)c(O)c1O. The molecule has 0 amide bonds. The number of hydrogen-bond donors (Lipinski definition) is 2. The Kier molecular flexibility index (Phi) is 2.60. The lowest BCUT2D eigenvalue weighted by atomic mass is 9.86. The van der Waals surface area contributed by atoms with E-state index in [2.05, 4.69) is 0 Å². The molecule has 3 nitrogen and oxygen atoms in total. The quantitative estimate of drug-likeness (QED) is 0.678. The van der Waals surface area contributed by atoms with E-state index in [1.165, 1.54) is 7.11 Å². The summed E-state index contributed by atoms with van der Waals surface area (Å²) in [5.41, 5.74) is 0.504. The first-order valence-corrected chi connectivity index (χ1v) is 4.47. The van der Waals surface area contributed by atoms with Crippen LogP contribution in [0.4, 0.5) is 0 Å². The third-order valence-corrected chi connectivity index (χ3v) is 2.14. The highest BCUT2D eigenvalue weighted by atomic mass is 16.5. The predicted molar refractivity (Wildman–Crippen MR) is 55.0 cm³/mol. The van der Waals surface area contributed by atoms with Gasteiger partial charge in [-0.05, 0) is 11.5 Å². The number of rotatable bonds is 1. The van der Waals surface area contributed by atoms with E-state index in [-0.39, 0.29) is 22.7 Å². The van der Waals surface area contributed by atoms with Crippen molar-refractivity contribution in [3.05, 3.63) is 17.7 Å². The molecular weight excluding hydrogens is 180 g/mol. The highest BCUT2D eigenvalue weighted by Crippen LogP contribution is 2.42. The first kappa shape index (κ1) is 10.7. The van der Waals surface area contributed by atoms with E-state index < -0.39 is 0 Å². The summed E-state index contributed by atoms with van der Waals surface area (Å²) in [5, 5.41) is 19.3. The van der Waals surface area contributed by atoms with Crippen molar-refractivity contribution < 1.29 is 14.9 Å². The minimum atomic E-state index is -0.201. The van der Waals surface area contributed by atoms with Crippen molar-refractivity contribution in [3.63, 3.8) is 0 Å². The average Bonchev–Trinajstić information content (AvgIpc) is 2.07. The molecule has 0 unspecified atom stereocenters. The zero-order chi connectivity index (χ0) is 10.9. The average molecular weight is 196 g/mol. The van der Waals surface area contributed by atoms with Gasteiger partial charge in [-0.3, -0.25) is 0 Å². The molecule has 3 heteroatoms. The zero-order valence-corrected chi connectivity index (χ0v) is 8.96. The van der Waals surface area contributed by atoms with Gasteiger partial charge in [-0.25, -0.2) is 0 Å². The molecule has 0 aliphatic rings. The third kappa shape index (κ3) is 1.76. The Morgan fingerprint density at radius 2 is 1.64 bits per heavy atom. The van der Waals surface area contributed by atoms with Crippen LogP contribution in [0.1, 0.15) is 26.3 Å². The summed E-state index contributed by atoms with van der Waals surface area (Å²) >= 11 is 0. The Morgan fingerprint density at radius 3 is 2.07 bits per heavy atom. The molecule has 14 heavy (non-hydrogen) atoms. The number of hydrogen-bond acceptors (Lipinski definition) is 3. The fourth-order valence-electron chi connectivity index (χ4n) is 1.33. The molecule has 1 aromatic carbocycles. The topological polar surface area (TPSA) is 49.7 Å². The van der Waals surface area contributed by atoms with Crippen LogP contribution in [0.2, 0.25) is 0 Å². The van der Waals surface area contributed by atoms with Crippen molar-refractivity contribution in [2.45, 2.75) is 26.2 Å². The zero-order valence-electron chi connectivity index (χ0n) is 8.96. The normalized spacial score (nSPS) is 11.4. The number of ether oxygens (including phenoxy) is 1. The molecule has 0 aliphatic carbocycles. The van der Waals surface area contributed by atoms with Crippen molar-refractivity contribution >= 4 is 0 Å². The van der Waals surface area contributed by atoms with Gasteiger partial charge in [-0.15, -0.1) is 0 Å². The fourth-order valence-corrected chi connectivity index (χ4v) is 1.33. The van der Waals surface area contributed by atoms with Crippen LogP contribution in [0.25, 0.3) is 0 Å².